The maximum atomic E-state index is 13.4. The molecule has 0 unspecified atom stereocenters. The molecule has 1 aromatic carbocycles. The molecule has 0 radical (unpaired) electrons. The van der Waals surface area contributed by atoms with Gasteiger partial charge in [-0.25, -0.2) is 8.78 Å². The third-order valence-electron chi connectivity index (χ3n) is 7.51. The highest BCUT2D eigenvalue weighted by molar-refractivity contribution is 5.94. The van der Waals surface area contributed by atoms with Gasteiger partial charge in [0, 0.05) is 31.7 Å². The SMILES string of the molecule is O=C(c1ccc(F)c(F)c1)N1CCN(C(=O)C23CC4CC(CC(C4)C2)C3)CC1. The minimum Gasteiger partial charge on any atom is -0.339 e. The molecule has 1 heterocycles. The quantitative estimate of drug-likeness (QED) is 0.779. The summed E-state index contributed by atoms with van der Waals surface area (Å²) >= 11 is 0. The number of carbonyl (C=O) groups excluding carboxylic acids is 2. The molecule has 0 N–H and O–H groups in total. The monoisotopic (exact) mass is 388 g/mol. The summed E-state index contributed by atoms with van der Waals surface area (Å²) in [5.74, 6) is 0.209. The van der Waals surface area contributed by atoms with Gasteiger partial charge in [0.25, 0.3) is 5.91 Å². The van der Waals surface area contributed by atoms with Gasteiger partial charge in [-0.3, -0.25) is 9.59 Å². The van der Waals surface area contributed by atoms with Crippen LogP contribution in [-0.4, -0.2) is 47.8 Å². The minimum absolute atomic E-state index is 0.152. The normalized spacial score (nSPS) is 34.0. The third-order valence-corrected chi connectivity index (χ3v) is 7.51. The summed E-state index contributed by atoms with van der Waals surface area (Å²) in [7, 11) is 0. The topological polar surface area (TPSA) is 40.6 Å². The number of rotatable bonds is 2. The van der Waals surface area contributed by atoms with Crippen molar-refractivity contribution in [1.82, 2.24) is 9.80 Å². The number of piperazine rings is 1. The lowest BCUT2D eigenvalue weighted by Gasteiger charge is -2.57. The summed E-state index contributed by atoms with van der Waals surface area (Å²) in [6.07, 6.45) is 7.07. The largest absolute Gasteiger partial charge is 0.339 e. The van der Waals surface area contributed by atoms with Gasteiger partial charge in [-0.05, 0) is 74.5 Å². The van der Waals surface area contributed by atoms with Crippen LogP contribution in [0.5, 0.6) is 0 Å². The van der Waals surface area contributed by atoms with E-state index in [4.69, 9.17) is 0 Å². The summed E-state index contributed by atoms with van der Waals surface area (Å²) in [6, 6.07) is 3.24. The maximum absolute atomic E-state index is 13.4. The number of hydrogen-bond donors (Lipinski definition) is 0. The van der Waals surface area contributed by atoms with E-state index in [1.165, 1.54) is 25.3 Å². The summed E-state index contributed by atoms with van der Waals surface area (Å²) in [5, 5.41) is 0. The number of hydrogen-bond acceptors (Lipinski definition) is 2. The molecule has 1 aromatic rings. The highest BCUT2D eigenvalue weighted by Crippen LogP contribution is 2.60. The van der Waals surface area contributed by atoms with Gasteiger partial charge in [-0.1, -0.05) is 0 Å². The molecule has 4 nitrogen and oxygen atoms in total. The lowest BCUT2D eigenvalue weighted by Crippen LogP contribution is -2.58. The predicted molar refractivity (Wildman–Crippen MR) is 99.4 cm³/mol. The van der Waals surface area contributed by atoms with E-state index < -0.39 is 11.6 Å². The number of halogens is 2. The molecule has 5 fully saturated rings. The maximum Gasteiger partial charge on any atom is 0.254 e. The molecule has 5 aliphatic rings. The first-order chi connectivity index (χ1) is 13.4. The fourth-order valence-corrected chi connectivity index (χ4v) is 6.63. The van der Waals surface area contributed by atoms with E-state index >= 15 is 0 Å². The Morgan fingerprint density at radius 1 is 0.821 bits per heavy atom. The van der Waals surface area contributed by atoms with Crippen molar-refractivity contribution in [2.24, 2.45) is 23.2 Å². The average Bonchev–Trinajstić information content (AvgIpc) is 2.68. The summed E-state index contributed by atoms with van der Waals surface area (Å²) < 4.78 is 26.5. The third kappa shape index (κ3) is 2.92. The average molecular weight is 388 g/mol. The zero-order chi connectivity index (χ0) is 19.5. The molecule has 1 aliphatic heterocycles. The molecule has 28 heavy (non-hydrogen) atoms. The second kappa shape index (κ2) is 6.53. The van der Waals surface area contributed by atoms with E-state index in [1.54, 1.807) is 4.90 Å². The highest BCUT2D eigenvalue weighted by Gasteiger charge is 2.55. The predicted octanol–water partition coefficient (Wildman–Crippen LogP) is 3.47. The Kier molecular flexibility index (Phi) is 4.21. The molecule has 6 rings (SSSR count). The van der Waals surface area contributed by atoms with E-state index in [2.05, 4.69) is 0 Å². The number of benzene rings is 1. The Balaban J connectivity index is 1.24. The van der Waals surface area contributed by atoms with Crippen LogP contribution in [0.1, 0.15) is 48.9 Å². The highest BCUT2D eigenvalue weighted by atomic mass is 19.2. The van der Waals surface area contributed by atoms with Crippen LogP contribution in [0, 0.1) is 34.8 Å². The number of amides is 2. The first-order valence-corrected chi connectivity index (χ1v) is 10.5. The smallest absolute Gasteiger partial charge is 0.254 e. The van der Waals surface area contributed by atoms with Crippen molar-refractivity contribution in [2.45, 2.75) is 38.5 Å². The molecule has 4 aliphatic carbocycles. The van der Waals surface area contributed by atoms with Crippen LogP contribution >= 0.6 is 0 Å². The van der Waals surface area contributed by atoms with E-state index in [9.17, 15) is 18.4 Å². The molecule has 0 atom stereocenters. The lowest BCUT2D eigenvalue weighted by atomic mass is 9.49. The molecule has 0 aromatic heterocycles. The Labute approximate surface area is 163 Å². The van der Waals surface area contributed by atoms with Gasteiger partial charge in [0.05, 0.1) is 5.41 Å². The summed E-state index contributed by atoms with van der Waals surface area (Å²) in [5.41, 5.74) is 0.000785. The van der Waals surface area contributed by atoms with Crippen LogP contribution in [0.3, 0.4) is 0 Å². The van der Waals surface area contributed by atoms with Crippen LogP contribution in [0.25, 0.3) is 0 Å². The second-order valence-electron chi connectivity index (χ2n) is 9.41. The van der Waals surface area contributed by atoms with E-state index in [0.29, 0.717) is 32.1 Å². The Bertz CT molecular complexity index is 781. The fraction of sp³-hybridized carbons (Fsp3) is 0.636. The van der Waals surface area contributed by atoms with Crippen molar-refractivity contribution in [3.8, 4) is 0 Å². The molecule has 4 saturated carbocycles. The molecule has 150 valence electrons. The van der Waals surface area contributed by atoms with Gasteiger partial charge in [-0.15, -0.1) is 0 Å². The van der Waals surface area contributed by atoms with E-state index in [0.717, 1.165) is 49.1 Å². The van der Waals surface area contributed by atoms with E-state index in [1.807, 2.05) is 4.90 Å². The fourth-order valence-electron chi connectivity index (χ4n) is 6.63. The van der Waals surface area contributed by atoms with Gasteiger partial charge in [0.1, 0.15) is 0 Å². The first kappa shape index (κ1) is 18.1. The van der Waals surface area contributed by atoms with Gasteiger partial charge in [-0.2, -0.15) is 0 Å². The van der Waals surface area contributed by atoms with Crippen molar-refractivity contribution in [1.29, 1.82) is 0 Å². The number of nitrogens with zero attached hydrogens (tertiary/aromatic N) is 2. The molecule has 1 saturated heterocycles. The van der Waals surface area contributed by atoms with Crippen molar-refractivity contribution < 1.29 is 18.4 Å². The minimum atomic E-state index is -1.01. The summed E-state index contributed by atoms with van der Waals surface area (Å²) in [4.78, 5) is 29.6. The Morgan fingerprint density at radius 3 is 1.89 bits per heavy atom. The van der Waals surface area contributed by atoms with Crippen LogP contribution in [0.4, 0.5) is 8.78 Å². The second-order valence-corrected chi connectivity index (χ2v) is 9.41. The Morgan fingerprint density at radius 2 is 1.36 bits per heavy atom. The zero-order valence-corrected chi connectivity index (χ0v) is 16.0. The van der Waals surface area contributed by atoms with Crippen LogP contribution < -0.4 is 0 Å². The molecular formula is C22H26F2N2O2. The van der Waals surface area contributed by atoms with Crippen molar-refractivity contribution in [2.75, 3.05) is 26.2 Å². The van der Waals surface area contributed by atoms with Crippen LogP contribution in [-0.2, 0) is 4.79 Å². The van der Waals surface area contributed by atoms with Gasteiger partial charge in [0.15, 0.2) is 11.6 Å². The molecular weight excluding hydrogens is 362 g/mol. The summed E-state index contributed by atoms with van der Waals surface area (Å²) in [6.45, 7) is 1.93. The van der Waals surface area contributed by atoms with Crippen molar-refractivity contribution >= 4 is 11.8 Å². The molecule has 2 amide bonds. The van der Waals surface area contributed by atoms with E-state index in [-0.39, 0.29) is 16.9 Å². The number of carbonyl (C=O) groups is 2. The van der Waals surface area contributed by atoms with Crippen LogP contribution in [0.15, 0.2) is 18.2 Å². The van der Waals surface area contributed by atoms with Gasteiger partial charge >= 0.3 is 0 Å². The first-order valence-electron chi connectivity index (χ1n) is 10.5. The molecule has 0 spiro atoms. The van der Waals surface area contributed by atoms with Crippen molar-refractivity contribution in [3.05, 3.63) is 35.4 Å². The van der Waals surface area contributed by atoms with Gasteiger partial charge < -0.3 is 9.80 Å². The van der Waals surface area contributed by atoms with Crippen molar-refractivity contribution in [3.63, 3.8) is 0 Å². The molecule has 4 bridgehead atoms. The standard InChI is InChI=1S/C22H26F2N2O2/c23-18-2-1-17(10-19(18)24)20(27)25-3-5-26(6-4-25)21(28)22-11-14-7-15(12-22)9-16(8-14)13-22/h1-2,10,14-16H,3-9,11-13H2. The van der Waals surface area contributed by atoms with Crippen LogP contribution in [0.2, 0.25) is 0 Å². The lowest BCUT2D eigenvalue weighted by molar-refractivity contribution is -0.159. The Hall–Kier alpha value is -1.98. The van der Waals surface area contributed by atoms with Gasteiger partial charge in [0.2, 0.25) is 5.91 Å². The molecule has 6 heteroatoms. The zero-order valence-electron chi connectivity index (χ0n) is 16.0.